The van der Waals surface area contributed by atoms with Gasteiger partial charge in [0.1, 0.15) is 9.88 Å². The van der Waals surface area contributed by atoms with Crippen LogP contribution in [0.1, 0.15) is 48.0 Å². The Bertz CT molecular complexity index is 653. The molecule has 1 amide bonds. The van der Waals surface area contributed by atoms with Gasteiger partial charge in [-0.15, -0.1) is 11.3 Å². The van der Waals surface area contributed by atoms with E-state index in [-0.39, 0.29) is 5.91 Å². The summed E-state index contributed by atoms with van der Waals surface area (Å²) in [5, 5.41) is 4.01. The number of amides is 1. The predicted octanol–water partition coefficient (Wildman–Crippen LogP) is 3.82. The Kier molecular flexibility index (Phi) is 4.52. The van der Waals surface area contributed by atoms with Gasteiger partial charge in [-0.3, -0.25) is 9.78 Å². The van der Waals surface area contributed by atoms with E-state index in [1.807, 2.05) is 25.1 Å². The molecule has 0 bridgehead atoms. The summed E-state index contributed by atoms with van der Waals surface area (Å²) in [6.07, 6.45) is 6.51. The van der Waals surface area contributed by atoms with Crippen molar-refractivity contribution >= 4 is 17.2 Å². The summed E-state index contributed by atoms with van der Waals surface area (Å²) >= 11 is 1.42. The Labute approximate surface area is 135 Å². The molecule has 2 heterocycles. The average molecular weight is 315 g/mol. The number of thiazole rings is 1. The number of carbonyl (C=O) groups excluding carboxylic acids is 1. The highest BCUT2D eigenvalue weighted by atomic mass is 32.1. The summed E-state index contributed by atoms with van der Waals surface area (Å²) in [5.41, 5.74) is 1.60. The normalized spacial score (nSPS) is 21.5. The molecule has 2 unspecified atom stereocenters. The average Bonchev–Trinajstić information content (AvgIpc) is 2.92. The van der Waals surface area contributed by atoms with Crippen LogP contribution in [-0.4, -0.2) is 21.9 Å². The molecule has 1 N–H and O–H groups in total. The third kappa shape index (κ3) is 3.19. The molecule has 5 heteroatoms. The van der Waals surface area contributed by atoms with E-state index in [9.17, 15) is 4.79 Å². The van der Waals surface area contributed by atoms with Gasteiger partial charge in [0.2, 0.25) is 0 Å². The van der Waals surface area contributed by atoms with E-state index in [4.69, 9.17) is 0 Å². The molecule has 116 valence electrons. The molecular formula is C17H21N3OS. The van der Waals surface area contributed by atoms with Gasteiger partial charge in [-0.1, -0.05) is 25.8 Å². The number of nitrogens with one attached hydrogen (secondary N) is 1. The minimum absolute atomic E-state index is 0.0101. The lowest BCUT2D eigenvalue weighted by Gasteiger charge is -2.29. The Balaban J connectivity index is 1.77. The van der Waals surface area contributed by atoms with E-state index in [2.05, 4.69) is 22.2 Å². The van der Waals surface area contributed by atoms with E-state index in [0.29, 0.717) is 16.8 Å². The summed E-state index contributed by atoms with van der Waals surface area (Å²) in [6.45, 7) is 4.12. The predicted molar refractivity (Wildman–Crippen MR) is 89.0 cm³/mol. The van der Waals surface area contributed by atoms with Gasteiger partial charge in [-0.05, 0) is 37.8 Å². The van der Waals surface area contributed by atoms with Crippen molar-refractivity contribution in [2.75, 3.05) is 0 Å². The maximum absolute atomic E-state index is 12.6. The van der Waals surface area contributed by atoms with Crippen LogP contribution in [0.15, 0.2) is 24.4 Å². The minimum Gasteiger partial charge on any atom is -0.348 e. The van der Waals surface area contributed by atoms with E-state index in [1.165, 1.54) is 30.6 Å². The van der Waals surface area contributed by atoms with Crippen LogP contribution in [0, 0.1) is 12.8 Å². The maximum Gasteiger partial charge on any atom is 0.263 e. The first kappa shape index (κ1) is 15.2. The zero-order valence-electron chi connectivity index (χ0n) is 13.0. The smallest absolute Gasteiger partial charge is 0.263 e. The number of pyridine rings is 1. The SMILES string of the molecule is Cc1nc(-c2ccccn2)sc1C(=O)NC1CCCCC1C. The number of aryl methyl sites for hydroxylation is 1. The third-order valence-electron chi connectivity index (χ3n) is 4.31. The largest absolute Gasteiger partial charge is 0.348 e. The molecule has 3 rings (SSSR count). The third-order valence-corrected chi connectivity index (χ3v) is 5.49. The van der Waals surface area contributed by atoms with Crippen LogP contribution < -0.4 is 5.32 Å². The van der Waals surface area contributed by atoms with Crippen LogP contribution in [0.2, 0.25) is 0 Å². The van der Waals surface area contributed by atoms with Crippen LogP contribution in [-0.2, 0) is 0 Å². The molecule has 2 aromatic heterocycles. The fourth-order valence-electron chi connectivity index (χ4n) is 2.97. The van der Waals surface area contributed by atoms with Gasteiger partial charge in [0, 0.05) is 12.2 Å². The van der Waals surface area contributed by atoms with Crippen molar-refractivity contribution in [1.29, 1.82) is 0 Å². The van der Waals surface area contributed by atoms with Gasteiger partial charge in [0.25, 0.3) is 5.91 Å². The number of aromatic nitrogens is 2. The Hall–Kier alpha value is -1.75. The van der Waals surface area contributed by atoms with Crippen LogP contribution in [0.5, 0.6) is 0 Å². The van der Waals surface area contributed by atoms with Crippen LogP contribution in [0.4, 0.5) is 0 Å². The second-order valence-electron chi connectivity index (χ2n) is 5.99. The van der Waals surface area contributed by atoms with Crippen molar-refractivity contribution in [3.05, 3.63) is 35.0 Å². The first-order chi connectivity index (χ1) is 10.6. The molecule has 0 aliphatic heterocycles. The lowest BCUT2D eigenvalue weighted by Crippen LogP contribution is -2.40. The second kappa shape index (κ2) is 6.57. The molecule has 4 nitrogen and oxygen atoms in total. The van der Waals surface area contributed by atoms with Crippen molar-refractivity contribution < 1.29 is 4.79 Å². The number of hydrogen-bond donors (Lipinski definition) is 1. The number of carbonyl (C=O) groups is 1. The molecule has 2 atom stereocenters. The number of nitrogens with zero attached hydrogens (tertiary/aromatic N) is 2. The van der Waals surface area contributed by atoms with Crippen molar-refractivity contribution in [3.8, 4) is 10.7 Å². The van der Waals surface area contributed by atoms with Crippen molar-refractivity contribution in [1.82, 2.24) is 15.3 Å². The summed E-state index contributed by atoms with van der Waals surface area (Å²) in [6, 6.07) is 6.02. The molecular weight excluding hydrogens is 294 g/mol. The lowest BCUT2D eigenvalue weighted by atomic mass is 9.86. The van der Waals surface area contributed by atoms with Gasteiger partial charge in [-0.2, -0.15) is 0 Å². The van der Waals surface area contributed by atoms with Crippen molar-refractivity contribution in [3.63, 3.8) is 0 Å². The Morgan fingerprint density at radius 1 is 1.32 bits per heavy atom. The molecule has 2 aromatic rings. The molecule has 0 spiro atoms. The molecule has 22 heavy (non-hydrogen) atoms. The zero-order chi connectivity index (χ0) is 15.5. The fraction of sp³-hybridized carbons (Fsp3) is 0.471. The fourth-order valence-corrected chi connectivity index (χ4v) is 3.92. The summed E-state index contributed by atoms with van der Waals surface area (Å²) in [5.74, 6) is 0.567. The molecule has 1 fully saturated rings. The maximum atomic E-state index is 12.6. The lowest BCUT2D eigenvalue weighted by molar-refractivity contribution is 0.0913. The zero-order valence-corrected chi connectivity index (χ0v) is 13.8. The Morgan fingerprint density at radius 2 is 2.14 bits per heavy atom. The first-order valence-electron chi connectivity index (χ1n) is 7.85. The Morgan fingerprint density at radius 3 is 2.86 bits per heavy atom. The van der Waals surface area contributed by atoms with Crippen LogP contribution >= 0.6 is 11.3 Å². The quantitative estimate of drug-likeness (QED) is 0.936. The number of hydrogen-bond acceptors (Lipinski definition) is 4. The first-order valence-corrected chi connectivity index (χ1v) is 8.66. The second-order valence-corrected chi connectivity index (χ2v) is 6.99. The topological polar surface area (TPSA) is 54.9 Å². The van der Waals surface area contributed by atoms with Crippen molar-refractivity contribution in [2.45, 2.75) is 45.6 Å². The highest BCUT2D eigenvalue weighted by molar-refractivity contribution is 7.17. The molecule has 1 saturated carbocycles. The summed E-state index contributed by atoms with van der Waals surface area (Å²) in [4.78, 5) is 22.1. The van der Waals surface area contributed by atoms with Crippen molar-refractivity contribution in [2.24, 2.45) is 5.92 Å². The summed E-state index contributed by atoms with van der Waals surface area (Å²) < 4.78 is 0. The highest BCUT2D eigenvalue weighted by Gasteiger charge is 2.25. The van der Waals surface area contributed by atoms with E-state index >= 15 is 0 Å². The van der Waals surface area contributed by atoms with Crippen LogP contribution in [0.3, 0.4) is 0 Å². The van der Waals surface area contributed by atoms with Gasteiger partial charge >= 0.3 is 0 Å². The van der Waals surface area contributed by atoms with Gasteiger partial charge in [-0.25, -0.2) is 4.98 Å². The summed E-state index contributed by atoms with van der Waals surface area (Å²) in [7, 11) is 0. The molecule has 0 radical (unpaired) electrons. The molecule has 1 aliphatic rings. The van der Waals surface area contributed by atoms with Gasteiger partial charge in [0.15, 0.2) is 0 Å². The van der Waals surface area contributed by atoms with E-state index in [0.717, 1.165) is 22.8 Å². The minimum atomic E-state index is 0.0101. The highest BCUT2D eigenvalue weighted by Crippen LogP contribution is 2.28. The van der Waals surface area contributed by atoms with E-state index < -0.39 is 0 Å². The van der Waals surface area contributed by atoms with E-state index in [1.54, 1.807) is 6.20 Å². The van der Waals surface area contributed by atoms with Gasteiger partial charge in [0.05, 0.1) is 11.4 Å². The molecule has 0 saturated heterocycles. The van der Waals surface area contributed by atoms with Crippen LogP contribution in [0.25, 0.3) is 10.7 Å². The molecule has 0 aromatic carbocycles. The standard InChI is InChI=1S/C17H21N3OS/c1-11-7-3-4-8-13(11)20-16(21)15-12(2)19-17(22-15)14-9-5-6-10-18-14/h5-6,9-11,13H,3-4,7-8H2,1-2H3,(H,20,21). The van der Waals surface area contributed by atoms with Gasteiger partial charge < -0.3 is 5.32 Å². The monoisotopic (exact) mass is 315 g/mol. The number of rotatable bonds is 3. The molecule has 1 aliphatic carbocycles.